The summed E-state index contributed by atoms with van der Waals surface area (Å²) >= 11 is 0. The van der Waals surface area contributed by atoms with E-state index in [1.165, 1.54) is 0 Å². The molecule has 1 N–H and O–H groups in total. The smallest absolute Gasteiger partial charge is 0.300 e. The summed E-state index contributed by atoms with van der Waals surface area (Å²) in [6, 6.07) is 9.80. The molecule has 8 heteroatoms. The molecule has 0 aromatic heterocycles. The molecule has 1 rings (SSSR count). The van der Waals surface area contributed by atoms with Gasteiger partial charge < -0.3 is 9.84 Å². The summed E-state index contributed by atoms with van der Waals surface area (Å²) in [5.41, 5.74) is 0. The van der Waals surface area contributed by atoms with Crippen molar-refractivity contribution in [3.05, 3.63) is 30.3 Å². The summed E-state index contributed by atoms with van der Waals surface area (Å²) in [6.07, 6.45) is 0. The Kier molecular flexibility index (Phi) is 48.8. The standard InChI is InChI=1S/C8H10O.C2H4O2.5FH/c1-2-9-8-6-4-3-5-7-8;1-2(3)4;;;;;/h3-7H,2H2,1H3;1H3,(H,3,4);5*1H. The number of para-hydroxylation sites is 1. The van der Waals surface area contributed by atoms with Crippen molar-refractivity contribution in [3.8, 4) is 5.75 Å². The number of rotatable bonds is 2. The highest BCUT2D eigenvalue weighted by atomic mass is 19.0. The number of benzene rings is 1. The average molecular weight is 282 g/mol. The van der Waals surface area contributed by atoms with Gasteiger partial charge in [0.15, 0.2) is 0 Å². The minimum absolute atomic E-state index is 0. The molecule has 1 aromatic carbocycles. The predicted octanol–water partition coefficient (Wildman–Crippen LogP) is 2.94. The second-order valence-corrected chi connectivity index (χ2v) is 2.27. The van der Waals surface area contributed by atoms with Gasteiger partial charge in [0.2, 0.25) is 0 Å². The molecular weight excluding hydrogens is 263 g/mol. The number of hydrogen-bond donors (Lipinski definition) is 1. The van der Waals surface area contributed by atoms with Crippen molar-refractivity contribution >= 4 is 5.97 Å². The number of hydrogen-bond acceptors (Lipinski definition) is 2. The largest absolute Gasteiger partial charge is 0.494 e. The lowest BCUT2D eigenvalue weighted by molar-refractivity contribution is -0.134. The molecule has 0 fully saturated rings. The summed E-state index contributed by atoms with van der Waals surface area (Å²) in [5, 5.41) is 7.42. The molecule has 0 aliphatic carbocycles. The van der Waals surface area contributed by atoms with Gasteiger partial charge in [0.05, 0.1) is 6.61 Å². The number of halogens is 5. The molecular formula is C10H19F5O3. The molecule has 1 aromatic rings. The van der Waals surface area contributed by atoms with Crippen molar-refractivity contribution in [2.45, 2.75) is 13.8 Å². The predicted molar refractivity (Wildman–Crippen MR) is 63.4 cm³/mol. The van der Waals surface area contributed by atoms with Gasteiger partial charge in [-0.2, -0.15) is 0 Å². The van der Waals surface area contributed by atoms with Crippen molar-refractivity contribution in [1.82, 2.24) is 0 Å². The second-order valence-electron chi connectivity index (χ2n) is 2.27. The lowest BCUT2D eigenvalue weighted by Crippen LogP contribution is -1.89. The highest BCUT2D eigenvalue weighted by Crippen LogP contribution is 2.06. The molecule has 0 heterocycles. The van der Waals surface area contributed by atoms with Crippen LogP contribution in [0.5, 0.6) is 5.75 Å². The Morgan fingerprint density at radius 3 is 1.67 bits per heavy atom. The number of carboxylic acid groups (broad SMARTS) is 1. The molecule has 0 unspecified atom stereocenters. The first-order valence-electron chi connectivity index (χ1n) is 4.04. The Morgan fingerprint density at radius 1 is 1.06 bits per heavy atom. The van der Waals surface area contributed by atoms with Crippen LogP contribution in [-0.2, 0) is 4.79 Å². The highest BCUT2D eigenvalue weighted by Gasteiger charge is 1.83. The highest BCUT2D eigenvalue weighted by molar-refractivity contribution is 5.62. The van der Waals surface area contributed by atoms with Gasteiger partial charge in [0, 0.05) is 6.92 Å². The molecule has 18 heavy (non-hydrogen) atoms. The third-order valence-electron chi connectivity index (χ3n) is 1.05. The number of ether oxygens (including phenoxy) is 1. The zero-order chi connectivity index (χ0) is 10.1. The van der Waals surface area contributed by atoms with Crippen LogP contribution in [0, 0.1) is 0 Å². The Hall–Kier alpha value is -1.86. The fourth-order valence-electron chi connectivity index (χ4n) is 0.683. The first-order chi connectivity index (χ1) is 6.16. The van der Waals surface area contributed by atoms with Crippen LogP contribution < -0.4 is 4.74 Å². The van der Waals surface area contributed by atoms with Gasteiger partial charge in [0.25, 0.3) is 5.97 Å². The molecule has 0 spiro atoms. The Bertz CT molecular complexity index is 243. The van der Waals surface area contributed by atoms with Crippen LogP contribution in [0.15, 0.2) is 30.3 Å². The van der Waals surface area contributed by atoms with Crippen LogP contribution in [0.4, 0.5) is 23.5 Å². The maximum absolute atomic E-state index is 9.00. The van der Waals surface area contributed by atoms with Gasteiger partial charge in [-0.15, -0.1) is 0 Å². The first-order valence-corrected chi connectivity index (χ1v) is 4.04. The van der Waals surface area contributed by atoms with Crippen molar-refractivity contribution in [3.63, 3.8) is 0 Å². The normalized spacial score (nSPS) is 5.89. The number of carbonyl (C=O) groups is 1. The number of aliphatic carboxylic acids is 1. The van der Waals surface area contributed by atoms with Gasteiger partial charge in [-0.05, 0) is 19.1 Å². The Morgan fingerprint density at radius 2 is 1.39 bits per heavy atom. The van der Waals surface area contributed by atoms with Crippen molar-refractivity contribution in [2.24, 2.45) is 0 Å². The van der Waals surface area contributed by atoms with Crippen molar-refractivity contribution < 1.29 is 38.2 Å². The van der Waals surface area contributed by atoms with E-state index in [0.717, 1.165) is 19.3 Å². The van der Waals surface area contributed by atoms with Crippen molar-refractivity contribution in [2.75, 3.05) is 6.61 Å². The molecule has 0 saturated carbocycles. The molecule has 112 valence electrons. The van der Waals surface area contributed by atoms with E-state index in [2.05, 4.69) is 0 Å². The summed E-state index contributed by atoms with van der Waals surface area (Å²) in [5.74, 6) is 0.111. The zero-order valence-corrected chi connectivity index (χ0v) is 9.90. The average Bonchev–Trinajstić information content (AvgIpc) is 2.06. The van der Waals surface area contributed by atoms with E-state index in [-0.39, 0.29) is 23.5 Å². The second kappa shape index (κ2) is 24.4. The Labute approximate surface area is 102 Å². The fraction of sp³-hybridized carbons (Fsp3) is 0.300. The van der Waals surface area contributed by atoms with Gasteiger partial charge >= 0.3 is 0 Å². The van der Waals surface area contributed by atoms with Gasteiger partial charge in [0.1, 0.15) is 5.75 Å². The van der Waals surface area contributed by atoms with Gasteiger partial charge in [-0.3, -0.25) is 28.3 Å². The topological polar surface area (TPSA) is 46.5 Å². The molecule has 0 aliphatic rings. The summed E-state index contributed by atoms with van der Waals surface area (Å²) < 4.78 is 5.21. The lowest BCUT2D eigenvalue weighted by Gasteiger charge is -1.99. The van der Waals surface area contributed by atoms with E-state index in [1.54, 1.807) is 0 Å². The molecule has 0 saturated heterocycles. The monoisotopic (exact) mass is 282 g/mol. The fourth-order valence-corrected chi connectivity index (χ4v) is 0.683. The van der Waals surface area contributed by atoms with Gasteiger partial charge in [-0.25, -0.2) is 0 Å². The molecule has 3 nitrogen and oxygen atoms in total. The van der Waals surface area contributed by atoms with Crippen LogP contribution >= 0.6 is 0 Å². The number of carboxylic acids is 1. The van der Waals surface area contributed by atoms with E-state index in [4.69, 9.17) is 14.6 Å². The lowest BCUT2D eigenvalue weighted by atomic mass is 10.3. The summed E-state index contributed by atoms with van der Waals surface area (Å²) in [7, 11) is 0. The van der Waals surface area contributed by atoms with E-state index in [1.807, 2.05) is 37.3 Å². The molecule has 0 bridgehead atoms. The van der Waals surface area contributed by atoms with Crippen LogP contribution in [0.25, 0.3) is 0 Å². The maximum atomic E-state index is 9.00. The van der Waals surface area contributed by atoms with Crippen LogP contribution in [-0.4, -0.2) is 17.7 Å². The molecule has 0 amide bonds. The minimum Gasteiger partial charge on any atom is -0.494 e. The van der Waals surface area contributed by atoms with E-state index in [9.17, 15) is 0 Å². The van der Waals surface area contributed by atoms with Crippen LogP contribution in [0.1, 0.15) is 13.8 Å². The summed E-state index contributed by atoms with van der Waals surface area (Å²) in [4.78, 5) is 9.00. The molecule has 0 atom stereocenters. The maximum Gasteiger partial charge on any atom is 0.300 e. The minimum atomic E-state index is -0.833. The SMILES string of the molecule is CC(=O)O.CCOc1ccccc1.F.F.F.F.F. The summed E-state index contributed by atoms with van der Waals surface area (Å²) in [6.45, 7) is 3.80. The van der Waals surface area contributed by atoms with Crippen molar-refractivity contribution in [1.29, 1.82) is 0 Å². The first kappa shape index (κ1) is 36.0. The Balaban J connectivity index is -0.0000000364. The third kappa shape index (κ3) is 29.2. The van der Waals surface area contributed by atoms with Gasteiger partial charge in [-0.1, -0.05) is 18.2 Å². The quantitative estimate of drug-likeness (QED) is 0.848. The van der Waals surface area contributed by atoms with E-state index in [0.29, 0.717) is 0 Å². The van der Waals surface area contributed by atoms with Crippen LogP contribution in [0.3, 0.4) is 0 Å². The van der Waals surface area contributed by atoms with E-state index < -0.39 is 5.97 Å². The van der Waals surface area contributed by atoms with E-state index >= 15 is 0 Å². The third-order valence-corrected chi connectivity index (χ3v) is 1.05. The molecule has 0 aliphatic heterocycles. The molecule has 0 radical (unpaired) electrons. The zero-order valence-electron chi connectivity index (χ0n) is 9.90. The van der Waals surface area contributed by atoms with Crippen LogP contribution in [0.2, 0.25) is 0 Å².